The highest BCUT2D eigenvalue weighted by Gasteiger charge is 2.36. The largest absolute Gasteiger partial charge is 0.300 e. The van der Waals surface area contributed by atoms with Crippen LogP contribution >= 0.6 is 0 Å². The molecule has 8 nitrogen and oxygen atoms in total. The summed E-state index contributed by atoms with van der Waals surface area (Å²) in [4.78, 5) is 59.2. The summed E-state index contributed by atoms with van der Waals surface area (Å²) in [5.74, 6) is -0.833. The van der Waals surface area contributed by atoms with Crippen molar-refractivity contribution in [1.29, 1.82) is 0 Å². The molecule has 0 radical (unpaired) electrons. The Morgan fingerprint density at radius 2 is 0.786 bits per heavy atom. The van der Waals surface area contributed by atoms with Crippen molar-refractivity contribution in [3.8, 4) is 0 Å². The van der Waals surface area contributed by atoms with Gasteiger partial charge in [0.2, 0.25) is 0 Å². The van der Waals surface area contributed by atoms with Crippen LogP contribution in [0.4, 0.5) is 0 Å². The van der Waals surface area contributed by atoms with E-state index in [9.17, 15) is 19.2 Å². The molecule has 0 aliphatic carbocycles. The Kier molecular flexibility index (Phi) is 11.8. The number of fused-ring (bicyclic) bond motifs is 2. The van der Waals surface area contributed by atoms with Crippen molar-refractivity contribution < 1.29 is 19.2 Å². The quantitative estimate of drug-likeness (QED) is 0.166. The van der Waals surface area contributed by atoms with E-state index in [1.165, 1.54) is 35.5 Å². The number of nitrogens with zero attached hydrogens (tertiary/aromatic N) is 4. The van der Waals surface area contributed by atoms with E-state index in [-0.39, 0.29) is 23.6 Å². The Morgan fingerprint density at radius 1 is 0.452 bits per heavy atom. The summed E-state index contributed by atoms with van der Waals surface area (Å²) in [5, 5.41) is 0. The molecule has 0 aromatic heterocycles. The zero-order valence-corrected chi connectivity index (χ0v) is 25.4. The van der Waals surface area contributed by atoms with Crippen LogP contribution in [0.3, 0.4) is 0 Å². The van der Waals surface area contributed by atoms with Gasteiger partial charge in [-0.1, -0.05) is 76.6 Å². The maximum absolute atomic E-state index is 12.9. The van der Waals surface area contributed by atoms with Crippen LogP contribution < -0.4 is 0 Å². The van der Waals surface area contributed by atoms with Crippen molar-refractivity contribution in [1.82, 2.24) is 19.6 Å². The third-order valence-electron chi connectivity index (χ3n) is 8.42. The lowest BCUT2D eigenvalue weighted by Crippen LogP contribution is -2.44. The van der Waals surface area contributed by atoms with Gasteiger partial charge in [-0.2, -0.15) is 0 Å². The molecule has 2 aliphatic rings. The van der Waals surface area contributed by atoms with E-state index >= 15 is 0 Å². The van der Waals surface area contributed by atoms with Crippen LogP contribution in [0.1, 0.15) is 107 Å². The Bertz CT molecular complexity index is 1080. The summed E-state index contributed by atoms with van der Waals surface area (Å²) in [6.07, 6.45) is 9.16. The zero-order chi connectivity index (χ0) is 29.9. The van der Waals surface area contributed by atoms with Gasteiger partial charge >= 0.3 is 0 Å². The average molecular weight is 575 g/mol. The van der Waals surface area contributed by atoms with E-state index in [2.05, 4.69) is 23.6 Å². The number of unbranched alkanes of at least 4 members (excludes halogenated alkanes) is 6. The minimum atomic E-state index is -0.208. The van der Waals surface area contributed by atoms with E-state index in [0.29, 0.717) is 48.4 Å². The van der Waals surface area contributed by atoms with Gasteiger partial charge in [-0.05, 0) is 50.2 Å². The Hall–Kier alpha value is -3.36. The standard InChI is InChI=1S/C34H46N4O4/c1-3-5-7-13-19-35(23-25-37-31(39)27-15-9-10-16-28(27)32(37)40)21-22-36(20-14-8-6-4-2)24-26-38-33(41)29-17-11-12-18-30(29)34(38)42/h9-12,15-18H,3-8,13-14,19-26H2,1-2H3. The highest BCUT2D eigenvalue weighted by Crippen LogP contribution is 2.23. The number of hydrogen-bond acceptors (Lipinski definition) is 6. The maximum atomic E-state index is 12.9. The number of carbonyl (C=O) groups excluding carboxylic acids is 4. The third-order valence-corrected chi connectivity index (χ3v) is 8.42. The average Bonchev–Trinajstić information content (AvgIpc) is 3.40. The normalized spacial score (nSPS) is 14.6. The highest BCUT2D eigenvalue weighted by molar-refractivity contribution is 6.22. The first-order valence-electron chi connectivity index (χ1n) is 15.8. The first-order chi connectivity index (χ1) is 20.5. The molecule has 2 aromatic rings. The number of imide groups is 2. The minimum absolute atomic E-state index is 0.208. The van der Waals surface area contributed by atoms with E-state index in [1.54, 1.807) is 48.5 Å². The predicted molar refractivity (Wildman–Crippen MR) is 165 cm³/mol. The molecule has 0 saturated heterocycles. The van der Waals surface area contributed by atoms with E-state index in [0.717, 1.165) is 51.9 Å². The van der Waals surface area contributed by atoms with Crippen LogP contribution in [-0.2, 0) is 0 Å². The van der Waals surface area contributed by atoms with Crippen LogP contribution in [0.2, 0.25) is 0 Å². The molecule has 0 fully saturated rings. The molecule has 4 rings (SSSR count). The number of amides is 4. The lowest BCUT2D eigenvalue weighted by atomic mass is 10.1. The molecule has 4 amide bonds. The second-order valence-corrected chi connectivity index (χ2v) is 11.4. The predicted octanol–water partition coefficient (Wildman–Crippen LogP) is 5.34. The fourth-order valence-corrected chi connectivity index (χ4v) is 5.85. The maximum Gasteiger partial charge on any atom is 0.261 e. The summed E-state index contributed by atoms with van der Waals surface area (Å²) in [5.41, 5.74) is 1.96. The molecule has 2 aliphatic heterocycles. The molecule has 8 heteroatoms. The van der Waals surface area contributed by atoms with E-state index < -0.39 is 0 Å². The molecule has 42 heavy (non-hydrogen) atoms. The van der Waals surface area contributed by atoms with Crippen molar-refractivity contribution in [2.45, 2.75) is 65.2 Å². The molecular weight excluding hydrogens is 528 g/mol. The molecule has 0 N–H and O–H groups in total. The fraction of sp³-hybridized carbons (Fsp3) is 0.529. The van der Waals surface area contributed by atoms with E-state index in [1.807, 2.05) is 0 Å². The second-order valence-electron chi connectivity index (χ2n) is 11.4. The summed E-state index contributed by atoms with van der Waals surface area (Å²) in [6.45, 7) is 9.79. The molecule has 0 atom stereocenters. The number of hydrogen-bond donors (Lipinski definition) is 0. The Balaban J connectivity index is 1.36. The lowest BCUT2D eigenvalue weighted by molar-refractivity contribution is 0.0606. The van der Waals surface area contributed by atoms with Crippen molar-refractivity contribution in [3.63, 3.8) is 0 Å². The summed E-state index contributed by atoms with van der Waals surface area (Å²) < 4.78 is 0. The van der Waals surface area contributed by atoms with E-state index in [4.69, 9.17) is 0 Å². The minimum Gasteiger partial charge on any atom is -0.300 e. The van der Waals surface area contributed by atoms with Gasteiger partial charge in [-0.25, -0.2) is 0 Å². The summed E-state index contributed by atoms with van der Waals surface area (Å²) in [7, 11) is 0. The third kappa shape index (κ3) is 7.72. The highest BCUT2D eigenvalue weighted by atomic mass is 16.2. The van der Waals surface area contributed by atoms with Crippen LogP contribution in [0.25, 0.3) is 0 Å². The van der Waals surface area contributed by atoms with Crippen molar-refractivity contribution >= 4 is 23.6 Å². The summed E-state index contributed by atoms with van der Waals surface area (Å²) >= 11 is 0. The summed E-state index contributed by atoms with van der Waals surface area (Å²) in [6, 6.07) is 14.1. The Labute approximate surface area is 250 Å². The molecule has 0 bridgehead atoms. The molecule has 0 unspecified atom stereocenters. The van der Waals surface area contributed by atoms with Gasteiger partial charge < -0.3 is 9.80 Å². The van der Waals surface area contributed by atoms with Crippen molar-refractivity contribution in [2.24, 2.45) is 0 Å². The smallest absolute Gasteiger partial charge is 0.261 e. The number of carbonyl (C=O) groups is 4. The van der Waals surface area contributed by atoms with Crippen LogP contribution in [0.5, 0.6) is 0 Å². The van der Waals surface area contributed by atoms with Gasteiger partial charge in [-0.3, -0.25) is 29.0 Å². The fourth-order valence-electron chi connectivity index (χ4n) is 5.85. The van der Waals surface area contributed by atoms with Gasteiger partial charge in [0.05, 0.1) is 22.3 Å². The molecule has 2 heterocycles. The molecule has 226 valence electrons. The SMILES string of the molecule is CCCCCCN(CCN(CCCCCC)CCN1C(=O)c2ccccc2C1=O)CCN1C(=O)c2ccccc2C1=O. The molecule has 0 saturated carbocycles. The van der Waals surface area contributed by atoms with Crippen LogP contribution in [0.15, 0.2) is 48.5 Å². The zero-order valence-electron chi connectivity index (χ0n) is 25.4. The first-order valence-corrected chi connectivity index (χ1v) is 15.8. The van der Waals surface area contributed by atoms with Gasteiger partial charge in [0.1, 0.15) is 0 Å². The molecule has 0 spiro atoms. The monoisotopic (exact) mass is 574 g/mol. The van der Waals surface area contributed by atoms with Crippen molar-refractivity contribution in [3.05, 3.63) is 70.8 Å². The van der Waals surface area contributed by atoms with Gasteiger partial charge in [0.25, 0.3) is 23.6 Å². The second kappa shape index (κ2) is 15.8. The van der Waals surface area contributed by atoms with Gasteiger partial charge in [-0.15, -0.1) is 0 Å². The van der Waals surface area contributed by atoms with Gasteiger partial charge in [0.15, 0.2) is 0 Å². The molecular formula is C34H46N4O4. The first kappa shape index (κ1) is 31.6. The Morgan fingerprint density at radius 3 is 1.10 bits per heavy atom. The van der Waals surface area contributed by atoms with Gasteiger partial charge in [0, 0.05) is 39.3 Å². The lowest BCUT2D eigenvalue weighted by Gasteiger charge is -2.29. The topological polar surface area (TPSA) is 81.2 Å². The number of benzene rings is 2. The van der Waals surface area contributed by atoms with Crippen LogP contribution in [-0.4, -0.2) is 95.6 Å². The number of rotatable bonds is 19. The van der Waals surface area contributed by atoms with Crippen LogP contribution in [0, 0.1) is 0 Å². The van der Waals surface area contributed by atoms with Crippen molar-refractivity contribution in [2.75, 3.05) is 52.4 Å². The molecule has 2 aromatic carbocycles.